The summed E-state index contributed by atoms with van der Waals surface area (Å²) in [7, 11) is 0. The van der Waals surface area contributed by atoms with Crippen molar-refractivity contribution >= 4 is 35.1 Å². The maximum absolute atomic E-state index is 12.2. The van der Waals surface area contributed by atoms with Gasteiger partial charge in [-0.05, 0) is 62.2 Å². The molecular weight excluding hydrogens is 368 g/mol. The summed E-state index contributed by atoms with van der Waals surface area (Å²) < 4.78 is 5.07. The molecule has 0 bridgehead atoms. The summed E-state index contributed by atoms with van der Waals surface area (Å²) in [5.74, 6) is -1.59. The summed E-state index contributed by atoms with van der Waals surface area (Å²) in [4.78, 5) is 36.0. The number of carbonyl (C=O) groups is 3. The van der Waals surface area contributed by atoms with Crippen LogP contribution >= 0.6 is 11.6 Å². The fraction of sp³-hybridized carbons (Fsp3) is 0.250. The van der Waals surface area contributed by atoms with Gasteiger partial charge >= 0.3 is 5.97 Å². The number of ether oxygens (including phenoxy) is 1. The van der Waals surface area contributed by atoms with Crippen LogP contribution in [0.15, 0.2) is 42.5 Å². The van der Waals surface area contributed by atoms with E-state index in [1.165, 1.54) is 6.92 Å². The smallest absolute Gasteiger partial charge is 0.326 e. The molecule has 2 aromatic rings. The third-order valence-electron chi connectivity index (χ3n) is 4.04. The molecule has 27 heavy (non-hydrogen) atoms. The van der Waals surface area contributed by atoms with E-state index in [2.05, 4.69) is 10.6 Å². The Balaban J connectivity index is 1.83. The SMILES string of the molecule is Cc1cccc(NC(=O)[C@H](C)OC(=O)CNC(=O)c2ccc(Cl)cc2)c1C. The second-order valence-electron chi connectivity index (χ2n) is 6.06. The zero-order chi connectivity index (χ0) is 20.0. The van der Waals surface area contributed by atoms with Gasteiger partial charge in [-0.25, -0.2) is 0 Å². The first-order valence-corrected chi connectivity index (χ1v) is 8.76. The molecule has 2 amide bonds. The van der Waals surface area contributed by atoms with Crippen molar-refractivity contribution in [1.29, 1.82) is 0 Å². The molecule has 0 spiro atoms. The molecule has 0 aliphatic rings. The quantitative estimate of drug-likeness (QED) is 0.744. The summed E-state index contributed by atoms with van der Waals surface area (Å²) in [5.41, 5.74) is 3.02. The van der Waals surface area contributed by atoms with Crippen LogP contribution in [0.4, 0.5) is 5.69 Å². The first kappa shape index (κ1) is 20.5. The number of hydrogen-bond acceptors (Lipinski definition) is 4. The van der Waals surface area contributed by atoms with Gasteiger partial charge in [0.25, 0.3) is 11.8 Å². The molecule has 0 saturated heterocycles. The fourth-order valence-electron chi connectivity index (χ4n) is 2.27. The Morgan fingerprint density at radius 3 is 2.41 bits per heavy atom. The Labute approximate surface area is 162 Å². The van der Waals surface area contributed by atoms with Crippen LogP contribution in [-0.2, 0) is 14.3 Å². The summed E-state index contributed by atoms with van der Waals surface area (Å²) >= 11 is 5.76. The first-order valence-electron chi connectivity index (χ1n) is 8.38. The summed E-state index contributed by atoms with van der Waals surface area (Å²) in [6.07, 6.45) is -0.996. The highest BCUT2D eigenvalue weighted by Crippen LogP contribution is 2.18. The lowest BCUT2D eigenvalue weighted by molar-refractivity contribution is -0.152. The molecule has 2 rings (SSSR count). The number of halogens is 1. The Bertz CT molecular complexity index is 850. The standard InChI is InChI=1S/C20H21ClN2O4/c1-12-5-4-6-17(13(12)2)23-19(25)14(3)27-18(24)11-22-20(26)15-7-9-16(21)10-8-15/h4-10,14H,11H2,1-3H3,(H,22,26)(H,23,25)/t14-/m0/s1. The molecule has 7 heteroatoms. The van der Waals surface area contributed by atoms with Crippen LogP contribution in [0.1, 0.15) is 28.4 Å². The number of rotatable bonds is 6. The number of hydrogen-bond donors (Lipinski definition) is 2. The van der Waals surface area contributed by atoms with E-state index in [9.17, 15) is 14.4 Å². The van der Waals surface area contributed by atoms with E-state index in [4.69, 9.17) is 16.3 Å². The van der Waals surface area contributed by atoms with Gasteiger partial charge in [0.15, 0.2) is 6.10 Å². The number of carbonyl (C=O) groups excluding carboxylic acids is 3. The topological polar surface area (TPSA) is 84.5 Å². The van der Waals surface area contributed by atoms with Gasteiger partial charge in [0.05, 0.1) is 0 Å². The molecule has 0 radical (unpaired) electrons. The molecule has 0 aromatic heterocycles. The summed E-state index contributed by atoms with van der Waals surface area (Å²) in [5, 5.41) is 5.69. The van der Waals surface area contributed by atoms with Crippen molar-refractivity contribution in [2.24, 2.45) is 0 Å². The van der Waals surface area contributed by atoms with E-state index < -0.39 is 23.9 Å². The van der Waals surface area contributed by atoms with Crippen molar-refractivity contribution in [3.63, 3.8) is 0 Å². The minimum Gasteiger partial charge on any atom is -0.451 e. The lowest BCUT2D eigenvalue weighted by atomic mass is 10.1. The Hall–Kier alpha value is -2.86. The number of amides is 2. The van der Waals surface area contributed by atoms with Crippen molar-refractivity contribution in [1.82, 2.24) is 5.32 Å². The number of benzene rings is 2. The molecule has 0 saturated carbocycles. The van der Waals surface area contributed by atoms with Crippen LogP contribution in [0.25, 0.3) is 0 Å². The minimum atomic E-state index is -0.996. The Morgan fingerprint density at radius 2 is 1.74 bits per heavy atom. The van der Waals surface area contributed by atoms with Crippen molar-refractivity contribution in [2.45, 2.75) is 26.9 Å². The first-order chi connectivity index (χ1) is 12.8. The Kier molecular flexibility index (Phi) is 6.96. The summed E-state index contributed by atoms with van der Waals surface area (Å²) in [6.45, 7) is 4.97. The minimum absolute atomic E-state index is 0.345. The van der Waals surface area contributed by atoms with Crippen molar-refractivity contribution in [3.8, 4) is 0 Å². The van der Waals surface area contributed by atoms with Crippen LogP contribution < -0.4 is 10.6 Å². The van der Waals surface area contributed by atoms with Crippen LogP contribution in [0, 0.1) is 13.8 Å². The number of esters is 1. The van der Waals surface area contributed by atoms with E-state index in [-0.39, 0.29) is 6.54 Å². The van der Waals surface area contributed by atoms with Crippen LogP contribution in [-0.4, -0.2) is 30.4 Å². The van der Waals surface area contributed by atoms with Gasteiger partial charge in [0.1, 0.15) is 6.54 Å². The molecule has 0 aliphatic heterocycles. The van der Waals surface area contributed by atoms with Crippen LogP contribution in [0.5, 0.6) is 0 Å². The monoisotopic (exact) mass is 388 g/mol. The predicted octanol–water partition coefficient (Wildman–Crippen LogP) is 3.26. The van der Waals surface area contributed by atoms with Gasteiger partial charge in [-0.3, -0.25) is 14.4 Å². The largest absolute Gasteiger partial charge is 0.451 e. The molecule has 1 atom stereocenters. The van der Waals surface area contributed by atoms with Crippen molar-refractivity contribution < 1.29 is 19.1 Å². The average Bonchev–Trinajstić information content (AvgIpc) is 2.64. The lowest BCUT2D eigenvalue weighted by Gasteiger charge is -2.15. The third kappa shape index (κ3) is 5.82. The molecule has 0 aliphatic carbocycles. The predicted molar refractivity (Wildman–Crippen MR) is 104 cm³/mol. The van der Waals surface area contributed by atoms with E-state index in [1.807, 2.05) is 26.0 Å². The van der Waals surface area contributed by atoms with Gasteiger partial charge in [-0.15, -0.1) is 0 Å². The van der Waals surface area contributed by atoms with E-state index in [1.54, 1.807) is 30.3 Å². The molecule has 0 fully saturated rings. The number of anilines is 1. The average molecular weight is 389 g/mol. The van der Waals surface area contributed by atoms with Gasteiger partial charge < -0.3 is 15.4 Å². The zero-order valence-electron chi connectivity index (χ0n) is 15.3. The van der Waals surface area contributed by atoms with Crippen molar-refractivity contribution in [3.05, 3.63) is 64.2 Å². The molecule has 142 valence electrons. The zero-order valence-corrected chi connectivity index (χ0v) is 16.1. The van der Waals surface area contributed by atoms with Gasteiger partial charge in [-0.1, -0.05) is 23.7 Å². The maximum atomic E-state index is 12.2. The molecule has 6 nitrogen and oxygen atoms in total. The number of nitrogens with one attached hydrogen (secondary N) is 2. The van der Waals surface area contributed by atoms with Crippen molar-refractivity contribution in [2.75, 3.05) is 11.9 Å². The lowest BCUT2D eigenvalue weighted by Crippen LogP contribution is -2.36. The van der Waals surface area contributed by atoms with Gasteiger partial charge in [0.2, 0.25) is 0 Å². The highest BCUT2D eigenvalue weighted by molar-refractivity contribution is 6.30. The normalized spacial score (nSPS) is 11.4. The molecular formula is C20H21ClN2O4. The third-order valence-corrected chi connectivity index (χ3v) is 4.29. The van der Waals surface area contributed by atoms with Gasteiger partial charge in [0, 0.05) is 16.3 Å². The molecule has 2 aromatic carbocycles. The summed E-state index contributed by atoms with van der Waals surface area (Å²) in [6, 6.07) is 11.8. The fourth-order valence-corrected chi connectivity index (χ4v) is 2.39. The Morgan fingerprint density at radius 1 is 1.07 bits per heavy atom. The van der Waals surface area contributed by atoms with Crippen LogP contribution in [0.2, 0.25) is 5.02 Å². The second kappa shape index (κ2) is 9.19. The van der Waals surface area contributed by atoms with E-state index >= 15 is 0 Å². The number of aryl methyl sites for hydroxylation is 1. The maximum Gasteiger partial charge on any atom is 0.326 e. The van der Waals surface area contributed by atoms with Crippen LogP contribution in [0.3, 0.4) is 0 Å². The molecule has 2 N–H and O–H groups in total. The van der Waals surface area contributed by atoms with Gasteiger partial charge in [-0.2, -0.15) is 0 Å². The van der Waals surface area contributed by atoms with E-state index in [0.29, 0.717) is 16.3 Å². The highest BCUT2D eigenvalue weighted by atomic mass is 35.5. The highest BCUT2D eigenvalue weighted by Gasteiger charge is 2.19. The molecule has 0 unspecified atom stereocenters. The molecule has 0 heterocycles. The second-order valence-corrected chi connectivity index (χ2v) is 6.49. The van der Waals surface area contributed by atoms with E-state index in [0.717, 1.165) is 11.1 Å².